The van der Waals surface area contributed by atoms with Gasteiger partial charge in [-0.25, -0.2) is 0 Å². The highest BCUT2D eigenvalue weighted by Crippen LogP contribution is 2.24. The molecule has 0 fully saturated rings. The molecule has 4 aromatic carbocycles. The molecule has 0 aliphatic rings. The van der Waals surface area contributed by atoms with Crippen molar-refractivity contribution in [1.29, 1.82) is 0 Å². The molecule has 142 valence electrons. The summed E-state index contributed by atoms with van der Waals surface area (Å²) in [6.45, 7) is 0. The number of phenols is 1. The van der Waals surface area contributed by atoms with Crippen molar-refractivity contribution in [2.24, 2.45) is 4.99 Å². The summed E-state index contributed by atoms with van der Waals surface area (Å²) in [5.74, 6) is -0.0893. The Morgan fingerprint density at radius 1 is 0.931 bits per heavy atom. The second-order valence-corrected chi connectivity index (χ2v) is 6.93. The number of benzene rings is 4. The van der Waals surface area contributed by atoms with Gasteiger partial charge in [-0.3, -0.25) is 9.79 Å². The third-order valence-corrected chi connectivity index (χ3v) is 4.74. The van der Waals surface area contributed by atoms with Gasteiger partial charge in [-0.15, -0.1) is 0 Å². The van der Waals surface area contributed by atoms with Gasteiger partial charge in [0.2, 0.25) is 0 Å². The van der Waals surface area contributed by atoms with Crippen molar-refractivity contribution in [3.05, 3.63) is 101 Å². The Labute approximate surface area is 173 Å². The Hall–Kier alpha value is -3.63. The molecule has 0 heterocycles. The summed E-state index contributed by atoms with van der Waals surface area (Å²) in [6.07, 6.45) is 1.53. The summed E-state index contributed by atoms with van der Waals surface area (Å²) in [4.78, 5) is 17.0. The van der Waals surface area contributed by atoms with Crippen molar-refractivity contribution in [1.82, 2.24) is 0 Å². The molecule has 0 spiro atoms. The zero-order chi connectivity index (χ0) is 20.2. The molecular formula is C24H17ClN2O2. The van der Waals surface area contributed by atoms with Gasteiger partial charge in [-0.05, 0) is 53.9 Å². The zero-order valence-electron chi connectivity index (χ0n) is 15.3. The second-order valence-electron chi connectivity index (χ2n) is 6.49. The van der Waals surface area contributed by atoms with Gasteiger partial charge in [-0.2, -0.15) is 0 Å². The number of nitrogens with zero attached hydrogens (tertiary/aromatic N) is 1. The molecule has 4 nitrogen and oxygen atoms in total. The second kappa shape index (κ2) is 8.17. The molecule has 0 radical (unpaired) electrons. The summed E-state index contributed by atoms with van der Waals surface area (Å²) in [7, 11) is 0. The topological polar surface area (TPSA) is 61.7 Å². The lowest BCUT2D eigenvalue weighted by Gasteiger charge is -2.09. The van der Waals surface area contributed by atoms with Gasteiger partial charge in [0.1, 0.15) is 5.75 Å². The van der Waals surface area contributed by atoms with Gasteiger partial charge >= 0.3 is 0 Å². The Balaban J connectivity index is 1.51. The standard InChI is InChI=1S/C24H17ClN2O2/c25-19-10-13-23(28)18(14-19)15-26-20-11-8-17(9-12-20)24(29)27-22-7-3-5-16-4-1-2-6-21(16)22/h1-15,28H,(H,27,29). The molecule has 0 aromatic heterocycles. The van der Waals surface area contributed by atoms with E-state index in [2.05, 4.69) is 10.3 Å². The first-order chi connectivity index (χ1) is 14.1. The van der Waals surface area contributed by atoms with Gasteiger partial charge in [0.05, 0.1) is 5.69 Å². The van der Waals surface area contributed by atoms with Crippen LogP contribution in [-0.2, 0) is 0 Å². The number of hydrogen-bond donors (Lipinski definition) is 2. The number of fused-ring (bicyclic) bond motifs is 1. The number of nitrogens with one attached hydrogen (secondary N) is 1. The molecule has 2 N–H and O–H groups in total. The number of aliphatic imine (C=N–C) groups is 1. The fourth-order valence-electron chi connectivity index (χ4n) is 3.00. The molecule has 1 amide bonds. The molecule has 0 atom stereocenters. The van der Waals surface area contributed by atoms with Crippen molar-refractivity contribution in [2.45, 2.75) is 0 Å². The first-order valence-corrected chi connectivity index (χ1v) is 9.40. The molecular weight excluding hydrogens is 384 g/mol. The van der Waals surface area contributed by atoms with Gasteiger partial charge in [0.15, 0.2) is 0 Å². The summed E-state index contributed by atoms with van der Waals surface area (Å²) in [5.41, 5.74) is 2.48. The molecule has 0 bridgehead atoms. The number of aromatic hydroxyl groups is 1. The van der Waals surface area contributed by atoms with Crippen molar-refractivity contribution in [3.8, 4) is 5.75 Å². The smallest absolute Gasteiger partial charge is 0.255 e. The van der Waals surface area contributed by atoms with E-state index in [1.165, 1.54) is 12.3 Å². The summed E-state index contributed by atoms with van der Waals surface area (Å²) in [6, 6.07) is 25.4. The maximum Gasteiger partial charge on any atom is 0.255 e. The van der Waals surface area contributed by atoms with Gasteiger partial charge < -0.3 is 10.4 Å². The molecule has 0 aliphatic heterocycles. The summed E-state index contributed by atoms with van der Waals surface area (Å²) < 4.78 is 0. The van der Waals surface area contributed by atoms with Gasteiger partial charge in [0, 0.05) is 33.4 Å². The van der Waals surface area contributed by atoms with E-state index < -0.39 is 0 Å². The van der Waals surface area contributed by atoms with Crippen molar-refractivity contribution in [2.75, 3.05) is 5.32 Å². The minimum absolute atomic E-state index is 0.101. The highest BCUT2D eigenvalue weighted by atomic mass is 35.5. The summed E-state index contributed by atoms with van der Waals surface area (Å²) >= 11 is 5.94. The number of amides is 1. The van der Waals surface area contributed by atoms with Crippen LogP contribution in [0.15, 0.2) is 89.9 Å². The average Bonchev–Trinajstić information content (AvgIpc) is 2.75. The van der Waals surface area contributed by atoms with E-state index in [-0.39, 0.29) is 11.7 Å². The number of hydrogen-bond acceptors (Lipinski definition) is 3. The Morgan fingerprint density at radius 3 is 2.52 bits per heavy atom. The Bertz CT molecular complexity index is 1210. The number of halogens is 1. The van der Waals surface area contributed by atoms with Crippen LogP contribution >= 0.6 is 11.6 Å². The number of anilines is 1. The van der Waals surface area contributed by atoms with E-state index in [1.807, 2.05) is 42.5 Å². The van der Waals surface area contributed by atoms with Gasteiger partial charge in [0.25, 0.3) is 5.91 Å². The first-order valence-electron chi connectivity index (χ1n) is 9.02. The summed E-state index contributed by atoms with van der Waals surface area (Å²) in [5, 5.41) is 15.4. The van der Waals surface area contributed by atoms with E-state index in [9.17, 15) is 9.90 Å². The third kappa shape index (κ3) is 4.28. The number of phenolic OH excluding ortho intramolecular Hbond substituents is 1. The van der Waals surface area contributed by atoms with E-state index in [0.29, 0.717) is 21.8 Å². The molecule has 0 aliphatic carbocycles. The SMILES string of the molecule is O=C(Nc1cccc2ccccc12)c1ccc(N=Cc2cc(Cl)ccc2O)cc1. The van der Waals surface area contributed by atoms with E-state index >= 15 is 0 Å². The highest BCUT2D eigenvalue weighted by Gasteiger charge is 2.08. The minimum Gasteiger partial charge on any atom is -0.507 e. The molecule has 5 heteroatoms. The number of carbonyl (C=O) groups is 1. The maximum absolute atomic E-state index is 12.6. The average molecular weight is 401 g/mol. The molecule has 0 saturated heterocycles. The van der Waals surface area contributed by atoms with E-state index in [1.54, 1.807) is 36.4 Å². The number of carbonyl (C=O) groups excluding carboxylic acids is 1. The lowest BCUT2D eigenvalue weighted by Crippen LogP contribution is -2.11. The largest absolute Gasteiger partial charge is 0.507 e. The van der Waals surface area contributed by atoms with E-state index in [4.69, 9.17) is 11.6 Å². The van der Waals surface area contributed by atoms with Crippen LogP contribution in [0.4, 0.5) is 11.4 Å². The van der Waals surface area contributed by atoms with E-state index in [0.717, 1.165) is 16.5 Å². The van der Waals surface area contributed by atoms with Crippen LogP contribution < -0.4 is 5.32 Å². The maximum atomic E-state index is 12.6. The van der Waals surface area contributed by atoms with Crippen LogP contribution in [0.5, 0.6) is 5.75 Å². The Kier molecular flexibility index (Phi) is 5.27. The molecule has 4 rings (SSSR count). The molecule has 29 heavy (non-hydrogen) atoms. The molecule has 0 saturated carbocycles. The van der Waals surface area contributed by atoms with Crippen molar-refractivity contribution >= 4 is 45.9 Å². The quantitative estimate of drug-likeness (QED) is 0.400. The van der Waals surface area contributed by atoms with Crippen LogP contribution in [0.3, 0.4) is 0 Å². The van der Waals surface area contributed by atoms with Crippen LogP contribution in [0.2, 0.25) is 5.02 Å². The third-order valence-electron chi connectivity index (χ3n) is 4.51. The van der Waals surface area contributed by atoms with Crippen molar-refractivity contribution < 1.29 is 9.90 Å². The van der Waals surface area contributed by atoms with Crippen LogP contribution in [-0.4, -0.2) is 17.2 Å². The zero-order valence-corrected chi connectivity index (χ0v) is 16.1. The number of rotatable bonds is 4. The molecule has 0 unspecified atom stereocenters. The van der Waals surface area contributed by atoms with Crippen molar-refractivity contribution in [3.63, 3.8) is 0 Å². The fraction of sp³-hybridized carbons (Fsp3) is 0. The lowest BCUT2D eigenvalue weighted by molar-refractivity contribution is 0.102. The first kappa shape index (κ1) is 18.7. The predicted octanol–water partition coefficient (Wildman–Crippen LogP) is 6.20. The Morgan fingerprint density at radius 2 is 1.69 bits per heavy atom. The lowest BCUT2D eigenvalue weighted by atomic mass is 10.1. The van der Waals surface area contributed by atoms with Crippen LogP contribution in [0.25, 0.3) is 10.8 Å². The van der Waals surface area contributed by atoms with Crippen LogP contribution in [0.1, 0.15) is 15.9 Å². The minimum atomic E-state index is -0.190. The monoisotopic (exact) mass is 400 g/mol. The predicted molar refractivity (Wildman–Crippen MR) is 119 cm³/mol. The van der Waals surface area contributed by atoms with Gasteiger partial charge in [-0.1, -0.05) is 48.0 Å². The fourth-order valence-corrected chi connectivity index (χ4v) is 3.18. The normalized spacial score (nSPS) is 11.1. The highest BCUT2D eigenvalue weighted by molar-refractivity contribution is 6.30. The van der Waals surface area contributed by atoms with Crippen LogP contribution in [0, 0.1) is 0 Å². The molecule has 4 aromatic rings.